The van der Waals surface area contributed by atoms with Gasteiger partial charge in [0.25, 0.3) is 0 Å². The summed E-state index contributed by atoms with van der Waals surface area (Å²) in [6.45, 7) is 8.40. The minimum Gasteiger partial charge on any atom is -0.354 e. The van der Waals surface area contributed by atoms with E-state index in [4.69, 9.17) is 0 Å². The molecule has 2 aromatic rings. The van der Waals surface area contributed by atoms with Crippen molar-refractivity contribution in [3.05, 3.63) is 51.5 Å². The quantitative estimate of drug-likeness (QED) is 0.547. The molecule has 150 valence electrons. The molecule has 2 fully saturated rings. The maximum Gasteiger partial charge on any atom is 0.324 e. The normalized spacial score (nSPS) is 21.7. The highest BCUT2D eigenvalue weighted by Gasteiger charge is 2.25. The molecule has 1 unspecified atom stereocenters. The molecule has 2 saturated heterocycles. The first-order valence-corrected chi connectivity index (χ1v) is 10.9. The van der Waals surface area contributed by atoms with E-state index in [1.165, 1.54) is 24.2 Å². The Morgan fingerprint density at radius 1 is 1.18 bits per heavy atom. The van der Waals surface area contributed by atoms with Gasteiger partial charge in [-0.25, -0.2) is 4.98 Å². The monoisotopic (exact) mass is 401 g/mol. The topological polar surface area (TPSA) is 65.8 Å². The largest absolute Gasteiger partial charge is 0.354 e. The molecule has 28 heavy (non-hydrogen) atoms. The molecule has 4 rings (SSSR count). The Labute approximate surface area is 169 Å². The molecule has 0 radical (unpaired) electrons. The molecular weight excluding hydrogens is 374 g/mol. The van der Waals surface area contributed by atoms with E-state index in [-0.39, 0.29) is 9.92 Å². The summed E-state index contributed by atoms with van der Waals surface area (Å²) < 4.78 is 0. The highest BCUT2D eigenvalue weighted by atomic mass is 32.1. The van der Waals surface area contributed by atoms with Gasteiger partial charge in [-0.2, -0.15) is 0 Å². The number of hydrogen-bond acceptors (Lipinski definition) is 7. The average Bonchev–Trinajstić information content (AvgIpc) is 3.18. The predicted octanol–water partition coefficient (Wildman–Crippen LogP) is 3.09. The lowest BCUT2D eigenvalue weighted by Gasteiger charge is -2.39. The highest BCUT2D eigenvalue weighted by Crippen LogP contribution is 2.26. The first kappa shape index (κ1) is 19.3. The van der Waals surface area contributed by atoms with Gasteiger partial charge in [-0.3, -0.25) is 19.9 Å². The number of hydrogen-bond donors (Lipinski definition) is 0. The average molecular weight is 402 g/mol. The SMILES string of the molecule is O=[N+]([O-])c1cc(CN2CCCC(CN3CCN(c4ccccn4)CC3)C2)cs1. The number of rotatable bonds is 6. The van der Waals surface area contributed by atoms with Gasteiger partial charge in [0.2, 0.25) is 0 Å². The molecule has 0 bridgehead atoms. The molecular formula is C20H27N5O2S. The molecule has 1 atom stereocenters. The summed E-state index contributed by atoms with van der Waals surface area (Å²) in [7, 11) is 0. The van der Waals surface area contributed by atoms with Crippen molar-refractivity contribution in [1.29, 1.82) is 0 Å². The molecule has 8 heteroatoms. The van der Waals surface area contributed by atoms with Gasteiger partial charge < -0.3 is 4.90 Å². The zero-order chi connectivity index (χ0) is 19.3. The number of anilines is 1. The third-order valence-electron chi connectivity index (χ3n) is 5.69. The number of piperazine rings is 1. The molecule has 2 aromatic heterocycles. The molecule has 7 nitrogen and oxygen atoms in total. The summed E-state index contributed by atoms with van der Waals surface area (Å²) in [6, 6.07) is 7.82. The van der Waals surface area contributed by atoms with Crippen LogP contribution in [0.2, 0.25) is 0 Å². The van der Waals surface area contributed by atoms with Crippen LogP contribution < -0.4 is 4.90 Å². The summed E-state index contributed by atoms with van der Waals surface area (Å²) in [6.07, 6.45) is 4.35. The first-order valence-electron chi connectivity index (χ1n) is 10.00. The molecule has 0 aromatic carbocycles. The molecule has 0 spiro atoms. The number of nitro groups is 1. The van der Waals surface area contributed by atoms with E-state index in [2.05, 4.69) is 25.8 Å². The molecule has 2 aliphatic heterocycles. The van der Waals surface area contributed by atoms with Gasteiger partial charge in [-0.05, 0) is 43.0 Å². The van der Waals surface area contributed by atoms with Crippen LogP contribution in [0.15, 0.2) is 35.8 Å². The zero-order valence-corrected chi connectivity index (χ0v) is 16.9. The predicted molar refractivity (Wildman–Crippen MR) is 112 cm³/mol. The highest BCUT2D eigenvalue weighted by molar-refractivity contribution is 7.13. The van der Waals surface area contributed by atoms with Crippen LogP contribution in [0.25, 0.3) is 0 Å². The van der Waals surface area contributed by atoms with Crippen molar-refractivity contribution < 1.29 is 4.92 Å². The van der Waals surface area contributed by atoms with Gasteiger partial charge in [0.05, 0.1) is 4.92 Å². The number of thiophene rings is 1. The Balaban J connectivity index is 1.24. The summed E-state index contributed by atoms with van der Waals surface area (Å²) in [5, 5.41) is 13.1. The zero-order valence-electron chi connectivity index (χ0n) is 16.1. The van der Waals surface area contributed by atoms with Gasteiger partial charge in [-0.15, -0.1) is 0 Å². The van der Waals surface area contributed by atoms with Crippen molar-refractivity contribution in [2.45, 2.75) is 19.4 Å². The maximum absolute atomic E-state index is 10.9. The molecule has 4 heterocycles. The fourth-order valence-electron chi connectivity index (χ4n) is 4.31. The summed E-state index contributed by atoms with van der Waals surface area (Å²) in [5.41, 5.74) is 1.07. The molecule has 0 saturated carbocycles. The third-order valence-corrected chi connectivity index (χ3v) is 6.62. The number of pyridine rings is 1. The second-order valence-corrected chi connectivity index (χ2v) is 8.66. The van der Waals surface area contributed by atoms with Crippen LogP contribution in [-0.4, -0.2) is 65.5 Å². The van der Waals surface area contributed by atoms with Crippen molar-refractivity contribution in [3.63, 3.8) is 0 Å². The third kappa shape index (κ3) is 4.87. The minimum absolute atomic E-state index is 0.245. The standard InChI is InChI=1S/C20H27N5O2S/c26-25(27)20-12-18(16-28-20)15-23-7-3-4-17(14-23)13-22-8-10-24(11-9-22)19-5-1-2-6-21-19/h1-2,5-6,12,16-17H,3-4,7-11,13-15H2. The Hall–Kier alpha value is -2.03. The smallest absolute Gasteiger partial charge is 0.324 e. The second-order valence-electron chi connectivity index (χ2n) is 7.77. The van der Waals surface area contributed by atoms with Crippen LogP contribution in [0.1, 0.15) is 18.4 Å². The number of nitrogens with zero attached hydrogens (tertiary/aromatic N) is 5. The van der Waals surface area contributed by atoms with Gasteiger partial charge in [0.1, 0.15) is 5.82 Å². The molecule has 0 aliphatic carbocycles. The van der Waals surface area contributed by atoms with Crippen molar-refractivity contribution in [1.82, 2.24) is 14.8 Å². The second kappa shape index (κ2) is 8.98. The van der Waals surface area contributed by atoms with Crippen LogP contribution in [0, 0.1) is 16.0 Å². The molecule has 0 amide bonds. The van der Waals surface area contributed by atoms with Gasteiger partial charge in [0, 0.05) is 63.5 Å². The van der Waals surface area contributed by atoms with Crippen LogP contribution in [0.5, 0.6) is 0 Å². The lowest BCUT2D eigenvalue weighted by molar-refractivity contribution is -0.380. The number of likely N-dealkylation sites (tertiary alicyclic amines) is 1. The van der Waals surface area contributed by atoms with Gasteiger partial charge >= 0.3 is 5.00 Å². The van der Waals surface area contributed by atoms with E-state index in [0.717, 1.165) is 63.7 Å². The van der Waals surface area contributed by atoms with Gasteiger partial charge in [-0.1, -0.05) is 17.4 Å². The van der Waals surface area contributed by atoms with E-state index in [1.54, 1.807) is 6.07 Å². The molecule has 0 N–H and O–H groups in total. The first-order chi connectivity index (χ1) is 13.7. The fraction of sp³-hybridized carbons (Fsp3) is 0.550. The lowest BCUT2D eigenvalue weighted by atomic mass is 9.96. The van der Waals surface area contributed by atoms with E-state index in [1.807, 2.05) is 23.7 Å². The fourth-order valence-corrected chi connectivity index (χ4v) is 5.03. The Morgan fingerprint density at radius 3 is 2.75 bits per heavy atom. The van der Waals surface area contributed by atoms with Crippen LogP contribution in [-0.2, 0) is 6.54 Å². The van der Waals surface area contributed by atoms with E-state index in [0.29, 0.717) is 5.92 Å². The van der Waals surface area contributed by atoms with Gasteiger partial charge in [0.15, 0.2) is 0 Å². The Kier molecular flexibility index (Phi) is 6.19. The summed E-state index contributed by atoms with van der Waals surface area (Å²) in [4.78, 5) is 22.5. The van der Waals surface area contributed by atoms with E-state index in [9.17, 15) is 10.1 Å². The Morgan fingerprint density at radius 2 is 2.04 bits per heavy atom. The minimum atomic E-state index is -0.294. The van der Waals surface area contributed by atoms with Crippen molar-refractivity contribution in [2.24, 2.45) is 5.92 Å². The van der Waals surface area contributed by atoms with E-state index < -0.39 is 0 Å². The molecule has 2 aliphatic rings. The van der Waals surface area contributed by atoms with Crippen molar-refractivity contribution in [3.8, 4) is 0 Å². The van der Waals surface area contributed by atoms with Crippen molar-refractivity contribution >= 4 is 22.2 Å². The van der Waals surface area contributed by atoms with Crippen molar-refractivity contribution in [2.75, 3.05) is 50.7 Å². The summed E-state index contributed by atoms with van der Waals surface area (Å²) in [5.74, 6) is 1.76. The van der Waals surface area contributed by atoms with E-state index >= 15 is 0 Å². The van der Waals surface area contributed by atoms with Crippen LogP contribution in [0.4, 0.5) is 10.8 Å². The van der Waals surface area contributed by atoms with Crippen LogP contribution >= 0.6 is 11.3 Å². The van der Waals surface area contributed by atoms with Crippen LogP contribution in [0.3, 0.4) is 0 Å². The maximum atomic E-state index is 10.9. The number of piperidine rings is 1. The lowest BCUT2D eigenvalue weighted by Crippen LogP contribution is -2.49. The number of aromatic nitrogens is 1. The Bertz CT molecular complexity index is 776. The summed E-state index contributed by atoms with van der Waals surface area (Å²) >= 11 is 1.23.